The van der Waals surface area contributed by atoms with Gasteiger partial charge in [0.15, 0.2) is 0 Å². The van der Waals surface area contributed by atoms with Crippen LogP contribution < -0.4 is 5.43 Å². The van der Waals surface area contributed by atoms with E-state index in [4.69, 9.17) is 0 Å². The van der Waals surface area contributed by atoms with Crippen molar-refractivity contribution in [3.8, 4) is 0 Å². The zero-order valence-corrected chi connectivity index (χ0v) is 27.1. The van der Waals surface area contributed by atoms with Crippen molar-refractivity contribution in [2.45, 2.75) is 77.3 Å². The molecule has 2 rings (SSSR count). The molecule has 9 nitrogen and oxygen atoms in total. The molecule has 0 fully saturated rings. The molecule has 2 amide bonds. The highest BCUT2D eigenvalue weighted by Crippen LogP contribution is 2.24. The lowest BCUT2D eigenvalue weighted by atomic mass is 9.91. The van der Waals surface area contributed by atoms with Crippen LogP contribution in [0.5, 0.6) is 0 Å². The lowest BCUT2D eigenvalue weighted by Crippen LogP contribution is -2.59. The zero-order chi connectivity index (χ0) is 31.5. The minimum Gasteiger partial charge on any atom is -0.390 e. The molecule has 0 aliphatic heterocycles. The Morgan fingerprint density at radius 3 is 2.02 bits per heavy atom. The summed E-state index contributed by atoms with van der Waals surface area (Å²) in [5.41, 5.74) is 3.38. The van der Waals surface area contributed by atoms with Crippen LogP contribution in [-0.4, -0.2) is 85.4 Å². The average molecular weight is 603 g/mol. The fourth-order valence-corrected chi connectivity index (χ4v) is 6.06. The Bertz CT molecular complexity index is 1210. The van der Waals surface area contributed by atoms with Crippen LogP contribution in [0.25, 0.3) is 0 Å². The highest BCUT2D eigenvalue weighted by atomic mass is 32.2. The number of amides is 2. The molecule has 234 valence electrons. The van der Waals surface area contributed by atoms with E-state index in [2.05, 4.69) is 5.43 Å². The van der Waals surface area contributed by atoms with E-state index < -0.39 is 28.1 Å². The van der Waals surface area contributed by atoms with Crippen molar-refractivity contribution in [2.24, 2.45) is 11.3 Å². The third-order valence-electron chi connectivity index (χ3n) is 6.73. The smallest absolute Gasteiger partial charge is 0.252 e. The lowest BCUT2D eigenvalue weighted by Gasteiger charge is -2.38. The van der Waals surface area contributed by atoms with Gasteiger partial charge in [-0.05, 0) is 62.4 Å². The van der Waals surface area contributed by atoms with E-state index in [9.17, 15) is 23.1 Å². The number of rotatable bonds is 15. The van der Waals surface area contributed by atoms with Gasteiger partial charge in [-0.2, -0.15) is 4.31 Å². The molecule has 0 spiro atoms. The Hall–Kier alpha value is -2.79. The quantitative estimate of drug-likeness (QED) is 0.299. The Labute approximate surface area is 252 Å². The summed E-state index contributed by atoms with van der Waals surface area (Å²) >= 11 is 0. The van der Waals surface area contributed by atoms with E-state index in [-0.39, 0.29) is 48.2 Å². The predicted molar refractivity (Wildman–Crippen MR) is 167 cm³/mol. The van der Waals surface area contributed by atoms with Crippen LogP contribution in [0.1, 0.15) is 59.4 Å². The van der Waals surface area contributed by atoms with Gasteiger partial charge in [-0.3, -0.25) is 15.0 Å². The molecule has 0 heterocycles. The van der Waals surface area contributed by atoms with Gasteiger partial charge in [-0.15, -0.1) is 0 Å². The molecule has 0 aromatic heterocycles. The third-order valence-corrected chi connectivity index (χ3v) is 8.61. The molecule has 0 saturated heterocycles. The van der Waals surface area contributed by atoms with Crippen LogP contribution in [0, 0.1) is 11.3 Å². The standard InChI is InChI=1S/C32H50N4O5S/c1-25(2)20-21-35(42(40,41)27-16-12-9-13-17-27)23-29(37)28(19-18-26-14-10-8-11-15-26)36(31(39)22-32(3,4)5)33-30(38)24-34(6)7/h8-17,25,28-29,37H,18-24H2,1-7H3,(H,33,38)/t28?,29-/m1/s1. The Morgan fingerprint density at radius 1 is 0.929 bits per heavy atom. The number of aliphatic hydroxyl groups excluding tert-OH is 1. The maximum absolute atomic E-state index is 13.7. The van der Waals surface area contributed by atoms with Gasteiger partial charge < -0.3 is 10.0 Å². The van der Waals surface area contributed by atoms with Crippen molar-refractivity contribution in [1.82, 2.24) is 19.6 Å². The number of nitrogens with zero attached hydrogens (tertiary/aromatic N) is 3. The second kappa shape index (κ2) is 16.2. The van der Waals surface area contributed by atoms with E-state index in [1.807, 2.05) is 65.0 Å². The number of carbonyl (C=O) groups is 2. The summed E-state index contributed by atoms with van der Waals surface area (Å²) in [6.45, 7) is 9.84. The van der Waals surface area contributed by atoms with E-state index in [1.165, 1.54) is 21.4 Å². The maximum atomic E-state index is 13.7. The van der Waals surface area contributed by atoms with Crippen LogP contribution in [-0.2, 0) is 26.0 Å². The molecule has 10 heteroatoms. The second-order valence-electron chi connectivity index (χ2n) is 12.8. The van der Waals surface area contributed by atoms with Gasteiger partial charge in [0.2, 0.25) is 15.9 Å². The highest BCUT2D eigenvalue weighted by Gasteiger charge is 2.36. The number of nitrogens with one attached hydrogen (secondary N) is 1. The van der Waals surface area contributed by atoms with Crippen LogP contribution >= 0.6 is 0 Å². The summed E-state index contributed by atoms with van der Waals surface area (Å²) in [4.78, 5) is 28.5. The van der Waals surface area contributed by atoms with Gasteiger partial charge in [0.05, 0.1) is 23.6 Å². The number of likely N-dealkylation sites (N-methyl/N-ethyl adjacent to an activating group) is 1. The topological polar surface area (TPSA) is 110 Å². The molecule has 2 atom stereocenters. The van der Waals surface area contributed by atoms with Gasteiger partial charge in [0, 0.05) is 19.5 Å². The van der Waals surface area contributed by atoms with Gasteiger partial charge >= 0.3 is 0 Å². The predicted octanol–water partition coefficient (Wildman–Crippen LogP) is 3.94. The molecule has 2 aromatic carbocycles. The maximum Gasteiger partial charge on any atom is 0.252 e. The Kier molecular flexibility index (Phi) is 13.6. The van der Waals surface area contributed by atoms with E-state index in [0.717, 1.165) is 5.56 Å². The van der Waals surface area contributed by atoms with Crippen LogP contribution in [0.15, 0.2) is 65.6 Å². The number of hydrogen-bond donors (Lipinski definition) is 2. The van der Waals surface area contributed by atoms with Crippen molar-refractivity contribution >= 4 is 21.8 Å². The molecule has 0 bridgehead atoms. The van der Waals surface area contributed by atoms with Gasteiger partial charge in [0.25, 0.3) is 5.91 Å². The summed E-state index contributed by atoms with van der Waals surface area (Å²) in [5, 5.41) is 13.0. The Balaban J connectivity index is 2.51. The first-order valence-corrected chi connectivity index (χ1v) is 16.1. The van der Waals surface area contributed by atoms with E-state index >= 15 is 0 Å². The van der Waals surface area contributed by atoms with Crippen LogP contribution in [0.4, 0.5) is 0 Å². The number of aliphatic hydroxyl groups is 1. The van der Waals surface area contributed by atoms with Gasteiger partial charge in [0.1, 0.15) is 0 Å². The van der Waals surface area contributed by atoms with Crippen molar-refractivity contribution in [2.75, 3.05) is 33.7 Å². The van der Waals surface area contributed by atoms with Gasteiger partial charge in [-0.1, -0.05) is 83.1 Å². The van der Waals surface area contributed by atoms with Crippen molar-refractivity contribution in [3.05, 3.63) is 66.2 Å². The van der Waals surface area contributed by atoms with Crippen LogP contribution in [0.2, 0.25) is 0 Å². The molecule has 0 aliphatic carbocycles. The molecule has 1 unspecified atom stereocenters. The largest absolute Gasteiger partial charge is 0.390 e. The Morgan fingerprint density at radius 2 is 1.50 bits per heavy atom. The first-order chi connectivity index (χ1) is 19.6. The molecule has 0 saturated carbocycles. The van der Waals surface area contributed by atoms with Gasteiger partial charge in [-0.25, -0.2) is 13.4 Å². The molecule has 0 radical (unpaired) electrons. The summed E-state index contributed by atoms with van der Waals surface area (Å²) in [5.74, 6) is -0.501. The van der Waals surface area contributed by atoms with E-state index in [0.29, 0.717) is 19.3 Å². The van der Waals surface area contributed by atoms with Crippen molar-refractivity contribution in [3.63, 3.8) is 0 Å². The number of benzene rings is 2. The number of aryl methyl sites for hydroxylation is 1. The third kappa shape index (κ3) is 11.8. The zero-order valence-electron chi connectivity index (χ0n) is 26.3. The minimum absolute atomic E-state index is 0.0453. The second-order valence-corrected chi connectivity index (χ2v) is 14.7. The molecular formula is C32H50N4O5S. The average Bonchev–Trinajstić information content (AvgIpc) is 2.89. The van der Waals surface area contributed by atoms with Crippen molar-refractivity contribution < 1.29 is 23.1 Å². The number of hydrazine groups is 1. The lowest BCUT2D eigenvalue weighted by molar-refractivity contribution is -0.150. The molecular weight excluding hydrogens is 552 g/mol. The molecule has 0 aliphatic rings. The number of carbonyl (C=O) groups excluding carboxylic acids is 2. The van der Waals surface area contributed by atoms with Crippen molar-refractivity contribution in [1.29, 1.82) is 0 Å². The number of sulfonamides is 1. The summed E-state index contributed by atoms with van der Waals surface area (Å²) in [6, 6.07) is 17.0. The minimum atomic E-state index is -3.93. The first kappa shape index (κ1) is 35.4. The first-order valence-electron chi connectivity index (χ1n) is 14.6. The molecule has 42 heavy (non-hydrogen) atoms. The fraction of sp³-hybridized carbons (Fsp3) is 0.562. The molecule has 2 aromatic rings. The fourth-order valence-electron chi connectivity index (χ4n) is 4.56. The van der Waals surface area contributed by atoms with Crippen LogP contribution in [0.3, 0.4) is 0 Å². The molecule has 2 N–H and O–H groups in total. The highest BCUT2D eigenvalue weighted by molar-refractivity contribution is 7.89. The van der Waals surface area contributed by atoms with E-state index in [1.54, 1.807) is 37.2 Å². The number of hydrogen-bond acceptors (Lipinski definition) is 6. The summed E-state index contributed by atoms with van der Waals surface area (Å²) < 4.78 is 28.8. The summed E-state index contributed by atoms with van der Waals surface area (Å²) in [6.07, 6.45) is 0.279. The normalized spacial score (nSPS) is 13.8. The summed E-state index contributed by atoms with van der Waals surface area (Å²) in [7, 11) is -0.423. The SMILES string of the molecule is CC(C)CCN(C[C@@H](O)C(CCc1ccccc1)N(NC(=O)CN(C)C)C(=O)CC(C)(C)C)S(=O)(=O)c1ccccc1. The monoisotopic (exact) mass is 602 g/mol.